The van der Waals surface area contributed by atoms with Crippen LogP contribution < -0.4 is 9.75 Å². The average Bonchev–Trinajstić information content (AvgIpc) is 2.93. The van der Waals surface area contributed by atoms with Crippen LogP contribution >= 0.6 is 11.6 Å². The quantitative estimate of drug-likeness (QED) is 0.911. The van der Waals surface area contributed by atoms with Gasteiger partial charge in [0.05, 0.1) is 23.9 Å². The van der Waals surface area contributed by atoms with Gasteiger partial charge in [0.25, 0.3) is 0 Å². The summed E-state index contributed by atoms with van der Waals surface area (Å²) >= 11 is 6.30. The minimum Gasteiger partial charge on any atom is -0.497 e. The van der Waals surface area contributed by atoms with E-state index in [2.05, 4.69) is 5.10 Å². The molecule has 2 atom stereocenters. The van der Waals surface area contributed by atoms with Gasteiger partial charge < -0.3 is 9.84 Å². The fourth-order valence-corrected chi connectivity index (χ4v) is 3.16. The highest BCUT2D eigenvalue weighted by Crippen LogP contribution is 2.41. The number of nitrogens with zero attached hydrogens (tertiary/aromatic N) is 2. The summed E-state index contributed by atoms with van der Waals surface area (Å²) in [5, 5.41) is 16.0. The van der Waals surface area contributed by atoms with Crippen molar-refractivity contribution in [1.29, 1.82) is 0 Å². The first kappa shape index (κ1) is 16.3. The lowest BCUT2D eigenvalue weighted by Crippen LogP contribution is -2.26. The first-order valence-electron chi connectivity index (χ1n) is 7.52. The largest absolute Gasteiger partial charge is 0.497 e. The zero-order valence-corrected chi connectivity index (χ0v) is 14.1. The smallest absolute Gasteiger partial charge is 0.352 e. The summed E-state index contributed by atoms with van der Waals surface area (Å²) in [5.74, 6) is -0.559. The van der Waals surface area contributed by atoms with Gasteiger partial charge >= 0.3 is 5.97 Å². The lowest BCUT2D eigenvalue weighted by Gasteiger charge is -2.27. The van der Waals surface area contributed by atoms with Crippen LogP contribution in [0.3, 0.4) is 0 Å². The zero-order valence-electron chi connectivity index (χ0n) is 13.3. The number of hydrogen-bond donors (Lipinski definition) is 1. The maximum absolute atomic E-state index is 11.5. The summed E-state index contributed by atoms with van der Waals surface area (Å²) in [4.78, 5) is 11.5. The van der Waals surface area contributed by atoms with Crippen LogP contribution in [-0.4, -0.2) is 23.9 Å². The lowest BCUT2D eigenvalue weighted by molar-refractivity contribution is -0.129. The molecule has 0 aliphatic carbocycles. The van der Waals surface area contributed by atoms with E-state index in [1.165, 1.54) is 0 Å². The molecule has 0 bridgehead atoms. The first-order valence-corrected chi connectivity index (χ1v) is 7.90. The molecule has 0 saturated carbocycles. The second kappa shape index (κ2) is 6.53. The van der Waals surface area contributed by atoms with Gasteiger partial charge in [0.2, 0.25) is 0 Å². The number of hydrogen-bond acceptors (Lipinski definition) is 4. The van der Waals surface area contributed by atoms with Gasteiger partial charge in [-0.3, -0.25) is 5.01 Å². The molecule has 1 heterocycles. The van der Waals surface area contributed by atoms with Gasteiger partial charge in [-0.1, -0.05) is 42.8 Å². The highest BCUT2D eigenvalue weighted by atomic mass is 35.5. The third-order valence-corrected chi connectivity index (χ3v) is 4.48. The number of benzene rings is 2. The molecule has 5 nitrogen and oxygen atoms in total. The molecule has 0 spiro atoms. The van der Waals surface area contributed by atoms with Gasteiger partial charge in [-0.15, -0.1) is 0 Å². The molecule has 124 valence electrons. The van der Waals surface area contributed by atoms with Crippen molar-refractivity contribution in [1.82, 2.24) is 0 Å². The second-order valence-corrected chi connectivity index (χ2v) is 6.00. The third kappa shape index (κ3) is 2.83. The van der Waals surface area contributed by atoms with Gasteiger partial charge in [0.1, 0.15) is 5.75 Å². The summed E-state index contributed by atoms with van der Waals surface area (Å²) in [6.07, 6.45) is 0. The van der Waals surface area contributed by atoms with Crippen molar-refractivity contribution in [2.75, 3.05) is 12.1 Å². The summed E-state index contributed by atoms with van der Waals surface area (Å²) in [6.45, 7) is 1.86. The van der Waals surface area contributed by atoms with Crippen LogP contribution in [0.25, 0.3) is 0 Å². The molecule has 24 heavy (non-hydrogen) atoms. The fraction of sp³-hybridized carbons (Fsp3) is 0.222. The predicted octanol–water partition coefficient (Wildman–Crippen LogP) is 3.99. The summed E-state index contributed by atoms with van der Waals surface area (Å²) in [7, 11) is 1.61. The molecule has 0 radical (unpaired) electrons. The van der Waals surface area contributed by atoms with E-state index in [1.54, 1.807) is 18.2 Å². The van der Waals surface area contributed by atoms with E-state index in [4.69, 9.17) is 16.3 Å². The van der Waals surface area contributed by atoms with E-state index in [0.717, 1.165) is 11.3 Å². The number of anilines is 1. The number of methoxy groups -OCH3 is 1. The molecule has 0 aromatic heterocycles. The third-order valence-electron chi connectivity index (χ3n) is 4.16. The van der Waals surface area contributed by atoms with Crippen LogP contribution in [0, 0.1) is 5.92 Å². The van der Waals surface area contributed by atoms with Crippen molar-refractivity contribution in [3.8, 4) is 5.75 Å². The Kier molecular flexibility index (Phi) is 4.44. The summed E-state index contributed by atoms with van der Waals surface area (Å²) in [5.41, 5.74) is 1.75. The van der Waals surface area contributed by atoms with Crippen molar-refractivity contribution >= 4 is 29.0 Å². The van der Waals surface area contributed by atoms with Gasteiger partial charge in [-0.25, -0.2) is 4.79 Å². The number of carboxylic acids is 1. The standard InChI is InChI=1S/C18H17ClN2O3/c1-11-16(18(22)23)20-21(15-6-4-3-5-14(15)19)17(11)12-7-9-13(24-2)10-8-12/h3-11,17H,1-2H3,(H,22,23)/t11-,17-/m1/s1. The number of halogens is 1. The minimum absolute atomic E-state index is 0.121. The highest BCUT2D eigenvalue weighted by Gasteiger charge is 2.39. The fourth-order valence-electron chi connectivity index (χ4n) is 2.94. The number of para-hydroxylation sites is 1. The number of carbonyl (C=O) groups is 1. The van der Waals surface area contributed by atoms with Crippen LogP contribution in [0.2, 0.25) is 5.02 Å². The predicted molar refractivity (Wildman–Crippen MR) is 93.9 cm³/mol. The molecule has 0 amide bonds. The van der Waals surface area contributed by atoms with Crippen molar-refractivity contribution in [2.45, 2.75) is 13.0 Å². The number of ether oxygens (including phenoxy) is 1. The van der Waals surface area contributed by atoms with Gasteiger partial charge in [-0.05, 0) is 29.8 Å². The summed E-state index contributed by atoms with van der Waals surface area (Å²) < 4.78 is 5.19. The van der Waals surface area contributed by atoms with Crippen LogP contribution in [0.5, 0.6) is 5.75 Å². The van der Waals surface area contributed by atoms with Crippen molar-refractivity contribution in [2.24, 2.45) is 11.0 Å². The first-order chi connectivity index (χ1) is 11.5. The Morgan fingerprint density at radius 1 is 1.21 bits per heavy atom. The monoisotopic (exact) mass is 344 g/mol. The minimum atomic E-state index is -1.02. The molecule has 3 rings (SSSR count). The number of hydrazone groups is 1. The maximum atomic E-state index is 11.5. The van der Waals surface area contributed by atoms with Crippen molar-refractivity contribution in [3.63, 3.8) is 0 Å². The van der Waals surface area contributed by atoms with E-state index < -0.39 is 5.97 Å². The Hall–Kier alpha value is -2.53. The normalized spacial score (nSPS) is 20.0. The molecule has 0 saturated heterocycles. The van der Waals surface area contributed by atoms with Crippen LogP contribution in [0.1, 0.15) is 18.5 Å². The Bertz CT molecular complexity index is 789. The van der Waals surface area contributed by atoms with E-state index >= 15 is 0 Å². The number of aliphatic carboxylic acids is 1. The van der Waals surface area contributed by atoms with E-state index in [0.29, 0.717) is 10.7 Å². The van der Waals surface area contributed by atoms with Gasteiger partial charge in [0.15, 0.2) is 5.71 Å². The molecule has 1 aliphatic heterocycles. The van der Waals surface area contributed by atoms with Crippen molar-refractivity contribution in [3.05, 3.63) is 59.1 Å². The second-order valence-electron chi connectivity index (χ2n) is 5.59. The number of rotatable bonds is 4. The van der Waals surface area contributed by atoms with Crippen molar-refractivity contribution < 1.29 is 14.6 Å². The molecule has 0 fully saturated rings. The zero-order chi connectivity index (χ0) is 17.3. The molecule has 2 aromatic rings. The SMILES string of the molecule is COc1ccc([C@H]2[C@H](C)C(C(=O)O)=NN2c2ccccc2Cl)cc1. The van der Waals surface area contributed by atoms with E-state index in [1.807, 2.05) is 49.4 Å². The van der Waals surface area contributed by atoms with Crippen LogP contribution in [0.4, 0.5) is 5.69 Å². The molecular formula is C18H17ClN2O3. The summed E-state index contributed by atoms with van der Waals surface area (Å²) in [6, 6.07) is 14.6. The lowest BCUT2D eigenvalue weighted by atomic mass is 9.91. The average molecular weight is 345 g/mol. The molecular weight excluding hydrogens is 328 g/mol. The highest BCUT2D eigenvalue weighted by molar-refractivity contribution is 6.38. The van der Waals surface area contributed by atoms with Gasteiger partial charge in [0, 0.05) is 5.92 Å². The van der Waals surface area contributed by atoms with E-state index in [-0.39, 0.29) is 17.7 Å². The Morgan fingerprint density at radius 2 is 1.88 bits per heavy atom. The van der Waals surface area contributed by atoms with Gasteiger partial charge in [-0.2, -0.15) is 5.10 Å². The number of carboxylic acid groups (broad SMARTS) is 1. The molecule has 1 aliphatic rings. The molecule has 0 unspecified atom stereocenters. The Balaban J connectivity index is 2.07. The van der Waals surface area contributed by atoms with Crippen LogP contribution in [0.15, 0.2) is 53.6 Å². The molecule has 2 aromatic carbocycles. The Labute approximate surface area is 145 Å². The molecule has 1 N–H and O–H groups in total. The Morgan fingerprint density at radius 3 is 2.46 bits per heavy atom. The van der Waals surface area contributed by atoms with E-state index in [9.17, 15) is 9.90 Å². The molecule has 6 heteroatoms. The van der Waals surface area contributed by atoms with Crippen LogP contribution in [-0.2, 0) is 4.79 Å². The topological polar surface area (TPSA) is 62.1 Å². The maximum Gasteiger partial charge on any atom is 0.352 e.